The molecule has 0 radical (unpaired) electrons. The van der Waals surface area contributed by atoms with Gasteiger partial charge in [0.2, 0.25) is 0 Å². The molecule has 2 aliphatic rings. The Morgan fingerprint density at radius 3 is 2.62 bits per heavy atom. The number of aliphatic hydroxyl groups excluding tert-OH is 1. The molecule has 1 fully saturated rings. The van der Waals surface area contributed by atoms with E-state index in [0.29, 0.717) is 47.4 Å². The smallest absolute Gasteiger partial charge is 0.269 e. The first-order chi connectivity index (χ1) is 19.5. The first kappa shape index (κ1) is 27.6. The second kappa shape index (κ2) is 12.5. The van der Waals surface area contributed by atoms with Crippen molar-refractivity contribution in [1.82, 2.24) is 4.90 Å². The summed E-state index contributed by atoms with van der Waals surface area (Å²) < 4.78 is 0. The summed E-state index contributed by atoms with van der Waals surface area (Å²) >= 11 is 2.93. The first-order valence-corrected chi connectivity index (χ1v) is 14.7. The number of thioether (sulfide) groups is 2. The lowest BCUT2D eigenvalue weighted by atomic mass is 10.2. The van der Waals surface area contributed by atoms with Crippen LogP contribution in [0.5, 0.6) is 0 Å². The number of anilines is 3. The molecule has 204 valence electrons. The highest BCUT2D eigenvalue weighted by Crippen LogP contribution is 2.51. The van der Waals surface area contributed by atoms with Crippen molar-refractivity contribution in [3.8, 4) is 6.07 Å². The van der Waals surface area contributed by atoms with Gasteiger partial charge in [-0.2, -0.15) is 5.26 Å². The van der Waals surface area contributed by atoms with Gasteiger partial charge in [0.05, 0.1) is 40.3 Å². The summed E-state index contributed by atoms with van der Waals surface area (Å²) in [6.07, 6.45) is 0.677. The number of carbonyl (C=O) groups excluding carboxylic acids is 1. The molecule has 3 aromatic rings. The molecule has 3 aromatic carbocycles. The molecule has 3 N–H and O–H groups in total. The van der Waals surface area contributed by atoms with Crippen molar-refractivity contribution in [3.63, 3.8) is 0 Å². The van der Waals surface area contributed by atoms with E-state index in [-0.39, 0.29) is 12.5 Å². The van der Waals surface area contributed by atoms with Crippen molar-refractivity contribution >= 4 is 57.3 Å². The monoisotopic (exact) mass is 570 g/mol. The van der Waals surface area contributed by atoms with Gasteiger partial charge in [-0.1, -0.05) is 42.1 Å². The lowest BCUT2D eigenvalue weighted by Gasteiger charge is -2.17. The normalized spacial score (nSPS) is 17.4. The highest BCUT2D eigenvalue weighted by molar-refractivity contribution is 8.19. The van der Waals surface area contributed by atoms with Crippen LogP contribution >= 0.6 is 23.5 Å². The largest absolute Gasteiger partial charge is 0.396 e. The number of nitrogens with one attached hydrogen (secondary N) is 2. The van der Waals surface area contributed by atoms with Gasteiger partial charge in [0.1, 0.15) is 4.91 Å². The van der Waals surface area contributed by atoms with Gasteiger partial charge in [0, 0.05) is 37.3 Å². The van der Waals surface area contributed by atoms with Crippen LogP contribution in [0.25, 0.3) is 0 Å². The second-order valence-corrected chi connectivity index (χ2v) is 11.2. The summed E-state index contributed by atoms with van der Waals surface area (Å²) in [5, 5.41) is 26.7. The maximum Gasteiger partial charge on any atom is 0.269 e. The maximum absolute atomic E-state index is 14.0. The Balaban J connectivity index is 1.53. The van der Waals surface area contributed by atoms with Gasteiger partial charge in [-0.25, -0.2) is 4.99 Å². The van der Waals surface area contributed by atoms with Crippen molar-refractivity contribution in [1.29, 1.82) is 5.26 Å². The molecule has 0 aliphatic carbocycles. The predicted molar refractivity (Wildman–Crippen MR) is 165 cm³/mol. The predicted octanol–water partition coefficient (Wildman–Crippen LogP) is 5.96. The van der Waals surface area contributed by atoms with E-state index in [1.54, 1.807) is 28.8 Å². The topological polar surface area (TPSA) is 104 Å². The number of nitrogens with zero attached hydrogens (tertiary/aromatic N) is 4. The molecule has 10 heteroatoms. The Labute approximate surface area is 242 Å². The number of aliphatic imine (C=N–C) groups is 1. The van der Waals surface area contributed by atoms with Crippen LogP contribution in [0.1, 0.15) is 24.5 Å². The Morgan fingerprint density at radius 2 is 1.88 bits per heavy atom. The van der Waals surface area contributed by atoms with Gasteiger partial charge in [0.25, 0.3) is 5.91 Å². The van der Waals surface area contributed by atoms with Crippen molar-refractivity contribution in [2.75, 3.05) is 42.3 Å². The van der Waals surface area contributed by atoms with Crippen LogP contribution in [0.4, 0.5) is 22.7 Å². The molecule has 2 aliphatic heterocycles. The number of rotatable bonds is 9. The lowest BCUT2D eigenvalue weighted by Crippen LogP contribution is -2.29. The first-order valence-electron chi connectivity index (χ1n) is 13.1. The van der Waals surface area contributed by atoms with Crippen molar-refractivity contribution in [2.45, 2.75) is 24.8 Å². The molecule has 2 heterocycles. The quantitative estimate of drug-likeness (QED) is 0.214. The highest BCUT2D eigenvalue weighted by Gasteiger charge is 2.39. The Hall–Kier alpha value is -3.91. The Morgan fingerprint density at radius 1 is 1.05 bits per heavy atom. The van der Waals surface area contributed by atoms with Gasteiger partial charge >= 0.3 is 0 Å². The average Bonchev–Trinajstić information content (AvgIpc) is 3.45. The molecule has 0 atom stereocenters. The molecule has 0 bridgehead atoms. The summed E-state index contributed by atoms with van der Waals surface area (Å²) in [5.41, 5.74) is 4.95. The van der Waals surface area contributed by atoms with Crippen LogP contribution < -0.4 is 15.5 Å². The average molecular weight is 571 g/mol. The molecular weight excluding hydrogens is 541 g/mol. The van der Waals surface area contributed by atoms with E-state index in [9.17, 15) is 10.1 Å². The van der Waals surface area contributed by atoms with Crippen LogP contribution in [0.3, 0.4) is 0 Å². The summed E-state index contributed by atoms with van der Waals surface area (Å²) in [5.74, 6) is -0.0995. The van der Waals surface area contributed by atoms with Crippen LogP contribution in [-0.4, -0.2) is 47.8 Å². The summed E-state index contributed by atoms with van der Waals surface area (Å²) in [4.78, 5) is 24.4. The number of aliphatic hydroxyl groups is 1. The summed E-state index contributed by atoms with van der Waals surface area (Å²) in [6.45, 7) is 3.93. The zero-order valence-electron chi connectivity index (χ0n) is 22.3. The SMILES string of the molecule is CCNc1ccc(C#N)cc1N=C1S/C(=C2\Sc3cc(NCCCO)ccc3N2C)C(=O)N1Cc1ccccc1. The standard InChI is InChI=1S/C30H30N6O2S2/c1-3-32-23-12-10-21(18-31)16-24(23)34-30-36(19-20-8-5-4-6-9-20)28(38)27(40-30)29-35(2)25-13-11-22(17-26(25)39-29)33-14-7-15-37/h4-6,8-13,16-17,32-33,37H,3,7,14-15,19H2,1-2H3/b29-27-,34-30?. The van der Waals surface area contributed by atoms with Gasteiger partial charge < -0.3 is 20.6 Å². The van der Waals surface area contributed by atoms with Crippen LogP contribution in [-0.2, 0) is 11.3 Å². The van der Waals surface area contributed by atoms with E-state index < -0.39 is 0 Å². The minimum Gasteiger partial charge on any atom is -0.396 e. The van der Waals surface area contributed by atoms with Gasteiger partial charge in [-0.05, 0) is 67.1 Å². The number of benzene rings is 3. The molecule has 0 saturated carbocycles. The summed E-state index contributed by atoms with van der Waals surface area (Å²) in [7, 11) is 1.98. The number of hydrogen-bond donors (Lipinski definition) is 3. The van der Waals surface area contributed by atoms with E-state index in [1.807, 2.05) is 62.5 Å². The Bertz CT molecular complexity index is 1520. The number of amides is 1. The molecule has 5 rings (SSSR count). The van der Waals surface area contributed by atoms with Gasteiger partial charge in [-0.15, -0.1) is 0 Å². The third-order valence-electron chi connectivity index (χ3n) is 6.45. The number of fused-ring (bicyclic) bond motifs is 1. The van der Waals surface area contributed by atoms with E-state index in [2.05, 4.69) is 27.7 Å². The number of nitriles is 1. The molecule has 0 aromatic heterocycles. The molecule has 1 saturated heterocycles. The fraction of sp³-hybridized carbons (Fsp3) is 0.233. The number of carbonyl (C=O) groups is 1. The van der Waals surface area contributed by atoms with Gasteiger partial charge in [0.15, 0.2) is 5.17 Å². The van der Waals surface area contributed by atoms with Crippen molar-refractivity contribution in [3.05, 3.63) is 87.8 Å². The minimum absolute atomic E-state index is 0.0995. The molecule has 1 amide bonds. The molecule has 8 nitrogen and oxygen atoms in total. The third kappa shape index (κ3) is 5.82. The maximum atomic E-state index is 14.0. The fourth-order valence-corrected chi connectivity index (χ4v) is 6.81. The molecule has 0 spiro atoms. The molecule has 40 heavy (non-hydrogen) atoms. The van der Waals surface area contributed by atoms with Crippen LogP contribution in [0.15, 0.2) is 86.6 Å². The molecular formula is C30H30N6O2S2. The number of hydrogen-bond acceptors (Lipinski definition) is 9. The fourth-order valence-electron chi connectivity index (χ4n) is 4.44. The Kier molecular flexibility index (Phi) is 8.65. The van der Waals surface area contributed by atoms with E-state index >= 15 is 0 Å². The minimum atomic E-state index is -0.0995. The van der Waals surface area contributed by atoms with E-state index in [1.165, 1.54) is 11.8 Å². The van der Waals surface area contributed by atoms with E-state index in [4.69, 9.17) is 10.1 Å². The third-order valence-corrected chi connectivity index (χ3v) is 8.86. The zero-order valence-corrected chi connectivity index (χ0v) is 24.0. The lowest BCUT2D eigenvalue weighted by molar-refractivity contribution is -0.122. The van der Waals surface area contributed by atoms with Gasteiger partial charge in [-0.3, -0.25) is 9.69 Å². The highest BCUT2D eigenvalue weighted by atomic mass is 32.2. The zero-order chi connectivity index (χ0) is 28.1. The van der Waals surface area contributed by atoms with Crippen molar-refractivity contribution < 1.29 is 9.90 Å². The molecule has 0 unspecified atom stereocenters. The second-order valence-electron chi connectivity index (χ2n) is 9.23. The number of amidine groups is 1. The van der Waals surface area contributed by atoms with Crippen molar-refractivity contribution in [2.24, 2.45) is 4.99 Å². The van der Waals surface area contributed by atoms with Crippen LogP contribution in [0.2, 0.25) is 0 Å². The van der Waals surface area contributed by atoms with Crippen LogP contribution in [0, 0.1) is 11.3 Å². The van der Waals surface area contributed by atoms with E-state index in [0.717, 1.165) is 32.6 Å². The summed E-state index contributed by atoms with van der Waals surface area (Å²) in [6, 6.07) is 23.6.